The van der Waals surface area contributed by atoms with Gasteiger partial charge in [0, 0.05) is 91.8 Å². The van der Waals surface area contributed by atoms with Crippen LogP contribution in [0.1, 0.15) is 161 Å². The van der Waals surface area contributed by atoms with E-state index in [2.05, 4.69) is 139 Å². The second-order valence-corrected chi connectivity index (χ2v) is 38.8. The largest absolute Gasteiger partial charge is 0.469 e. The number of aliphatic hydroxyl groups is 14. The molecule has 0 aromatic heterocycles. The lowest BCUT2D eigenvalue weighted by atomic mass is 9.76. The summed E-state index contributed by atoms with van der Waals surface area (Å²) < 4.78 is 57.3. The third kappa shape index (κ3) is 52.3. The number of nitrogens with one attached hydrogen (secondary N) is 7. The SMILES string of the molecule is CCCCCCCCCCCCSCC(CC(CC(CC(CC(CC(CCC(=O)NC(CO)(CO)COCCC(=O)OC)C(=O)NC(CO)(CO)COCCC(=O)OC)C(=O)NC(CO)(CO)COCCC(=O)OC)C(=O)NC(CO)(CO)COCCCI)C(=O)NC(CO)(CO)COCCCI)C(=O)NC(CO)(CO)COCCCI)C(=O)NC(CO)(CO)COCCCI. The van der Waals surface area contributed by atoms with Gasteiger partial charge < -0.3 is 156 Å². The van der Waals surface area contributed by atoms with Gasteiger partial charge in [0.1, 0.15) is 38.8 Å². The number of halogens is 4. The number of methoxy groups -OCH3 is 3. The Labute approximate surface area is 829 Å². The van der Waals surface area contributed by atoms with E-state index in [4.69, 9.17) is 42.6 Å². The second kappa shape index (κ2) is 76.0. The molecular weight excluding hydrogens is 2200 g/mol. The molecule has 0 saturated heterocycles. The van der Waals surface area contributed by atoms with Crippen molar-refractivity contribution >= 4 is 161 Å². The van der Waals surface area contributed by atoms with E-state index in [1.807, 2.05) is 0 Å². The molecule has 0 aliphatic rings. The number of rotatable bonds is 88. The average molecular weight is 2360 g/mol. The van der Waals surface area contributed by atoms with Gasteiger partial charge in [-0.15, -0.1) is 0 Å². The highest BCUT2D eigenvalue weighted by Gasteiger charge is 2.47. The van der Waals surface area contributed by atoms with Gasteiger partial charge in [-0.05, 0) is 76.4 Å². The topological polar surface area (TPSA) is 630 Å². The summed E-state index contributed by atoms with van der Waals surface area (Å²) in [6.07, 6.45) is 5.12. The molecule has 0 aromatic carbocycles. The monoisotopic (exact) mass is 2360 g/mol. The van der Waals surface area contributed by atoms with Gasteiger partial charge in [-0.2, -0.15) is 11.8 Å². The van der Waals surface area contributed by atoms with E-state index >= 15 is 28.8 Å². The van der Waals surface area contributed by atoms with Crippen molar-refractivity contribution in [2.24, 2.45) is 35.5 Å². The van der Waals surface area contributed by atoms with E-state index in [1.165, 1.54) is 11.8 Å². The predicted octanol–water partition coefficient (Wildman–Crippen LogP) is -0.949. The number of ether oxygens (including phenoxy) is 10. The van der Waals surface area contributed by atoms with Crippen molar-refractivity contribution in [3.05, 3.63) is 0 Å². The zero-order valence-corrected chi connectivity index (χ0v) is 86.3. The summed E-state index contributed by atoms with van der Waals surface area (Å²) in [6, 6.07) is 0. The van der Waals surface area contributed by atoms with E-state index in [9.17, 15) is 90.7 Å². The zero-order valence-electron chi connectivity index (χ0n) is 76.8. The zero-order chi connectivity index (χ0) is 98.5. The molecule has 0 saturated carbocycles. The quantitative estimate of drug-likeness (QED) is 0.0115. The summed E-state index contributed by atoms with van der Waals surface area (Å²) in [5, 5.41) is 175. The number of aliphatic hydroxyl groups excluding tert-OH is 14. The van der Waals surface area contributed by atoms with Gasteiger partial charge in [0.25, 0.3) is 0 Å². The fourth-order valence-electron chi connectivity index (χ4n) is 13.4. The lowest BCUT2D eigenvalue weighted by molar-refractivity contribution is -0.143. The molecule has 41 nitrogen and oxygen atoms in total. The number of carbonyl (C=O) groups is 10. The molecule has 0 heterocycles. The van der Waals surface area contributed by atoms with Crippen molar-refractivity contribution in [2.45, 2.75) is 200 Å². The molecule has 0 fully saturated rings. The van der Waals surface area contributed by atoms with Crippen molar-refractivity contribution in [3.8, 4) is 0 Å². The molecule has 0 bridgehead atoms. The van der Waals surface area contributed by atoms with Crippen molar-refractivity contribution in [2.75, 3.05) is 236 Å². The van der Waals surface area contributed by atoms with Crippen LogP contribution in [-0.4, -0.2) is 405 Å². The van der Waals surface area contributed by atoms with Gasteiger partial charge in [0.15, 0.2) is 0 Å². The van der Waals surface area contributed by atoms with Crippen LogP contribution in [0.5, 0.6) is 0 Å². The fourth-order valence-corrected chi connectivity index (χ4v) is 15.8. The standard InChI is InChI=1S/C85H155I4N7O34S/c1-5-6-7-8-9-10-11-12-13-14-35-131-41-68(78(120)96-83(50-105,51-106)60-127-31-18-27-89)40-67(77(119)95-82(48-103,49-104)59-126-30-17-26-88)39-66(76(118)94-81(46-101,47-102)58-125-29-16-25-87)38-65(75(117)93-80(44-99,45-100)57-124-28-15-24-86)37-64(74(116)92-85(54-109,55-110)62-130-34-23-72(114)123-4)36-63(73(115)91-84(52-107,53-108)61-129-33-22-71(113)122-3)19-20-69(111)90-79(42-97,43-98)56-128-32-21-70(112)121-2/h63-68,97-110H,5-62H2,1-4H3,(H,90,111)(H,91,115)(H,92,116)(H,93,117)(H,94,118)(H,95,119)(H,96,120). The third-order valence-electron chi connectivity index (χ3n) is 22.1. The average Bonchev–Trinajstić information content (AvgIpc) is 0.814. The number of unbranched alkanes of at least 4 members (excludes halogenated alkanes) is 9. The van der Waals surface area contributed by atoms with Crippen molar-refractivity contribution in [1.82, 2.24) is 37.2 Å². The van der Waals surface area contributed by atoms with Crippen molar-refractivity contribution in [3.63, 3.8) is 0 Å². The minimum atomic E-state index is -2.27. The molecule has 0 spiro atoms. The molecule has 0 aliphatic carbocycles. The molecular formula is C85H155I4N7O34S. The van der Waals surface area contributed by atoms with Crippen LogP contribution in [0.2, 0.25) is 0 Å². The molecule has 0 aliphatic heterocycles. The first-order valence-corrected chi connectivity index (χ1v) is 51.9. The van der Waals surface area contributed by atoms with Gasteiger partial charge in [0.2, 0.25) is 41.4 Å². The highest BCUT2D eigenvalue weighted by molar-refractivity contribution is 14.1. The van der Waals surface area contributed by atoms with Crippen molar-refractivity contribution in [1.29, 1.82) is 0 Å². The van der Waals surface area contributed by atoms with Gasteiger partial charge in [-0.1, -0.05) is 155 Å². The molecule has 46 heteroatoms. The summed E-state index contributed by atoms with van der Waals surface area (Å²) in [7, 11) is 3.33. The molecule has 131 heavy (non-hydrogen) atoms. The van der Waals surface area contributed by atoms with Crippen LogP contribution in [0.25, 0.3) is 0 Å². The van der Waals surface area contributed by atoms with Gasteiger partial charge in [-0.3, -0.25) is 47.9 Å². The molecule has 0 radical (unpaired) electrons. The Hall–Kier alpha value is -2.87. The number of esters is 3. The number of carbonyl (C=O) groups excluding carboxylic acids is 10. The first-order chi connectivity index (χ1) is 62.8. The Bertz CT molecular complexity index is 3080. The van der Waals surface area contributed by atoms with Crippen LogP contribution in [0.15, 0.2) is 0 Å². The molecule has 6 atom stereocenters. The summed E-state index contributed by atoms with van der Waals surface area (Å²) >= 11 is 9.76. The maximum atomic E-state index is 16.4. The predicted molar refractivity (Wildman–Crippen MR) is 517 cm³/mol. The summed E-state index contributed by atoms with van der Waals surface area (Å²) in [6.45, 7) is -17.5. The number of amides is 7. The fraction of sp³-hybridized carbons (Fsp3) is 0.882. The first-order valence-electron chi connectivity index (χ1n) is 44.7. The minimum Gasteiger partial charge on any atom is -0.469 e. The summed E-state index contributed by atoms with van der Waals surface area (Å²) in [5.74, 6) is -20.5. The Morgan fingerprint density at radius 2 is 0.489 bits per heavy atom. The molecule has 0 rings (SSSR count). The number of hydrogen-bond acceptors (Lipinski definition) is 35. The Kier molecular flexibility index (Phi) is 74.3. The first kappa shape index (κ1) is 128. The lowest BCUT2D eigenvalue weighted by Gasteiger charge is -2.38. The smallest absolute Gasteiger partial charge is 0.307 e. The molecule has 0 aromatic rings. The Morgan fingerprint density at radius 3 is 0.733 bits per heavy atom. The molecule has 6 unspecified atom stereocenters. The number of alkyl halides is 4. The van der Waals surface area contributed by atoms with Crippen LogP contribution >= 0.6 is 102 Å². The van der Waals surface area contributed by atoms with Crippen LogP contribution in [0.3, 0.4) is 0 Å². The lowest BCUT2D eigenvalue weighted by Crippen LogP contribution is -2.61. The van der Waals surface area contributed by atoms with Crippen LogP contribution < -0.4 is 37.2 Å². The van der Waals surface area contributed by atoms with Gasteiger partial charge >= 0.3 is 17.9 Å². The molecule has 21 N–H and O–H groups in total. The normalized spacial score (nSPS) is 13.7. The minimum absolute atomic E-state index is 0.00448. The Morgan fingerprint density at radius 1 is 0.275 bits per heavy atom. The van der Waals surface area contributed by atoms with Crippen molar-refractivity contribution < 1.29 is 167 Å². The van der Waals surface area contributed by atoms with E-state index < -0.39 is 330 Å². The van der Waals surface area contributed by atoms with E-state index in [0.717, 1.165) is 79.1 Å². The van der Waals surface area contributed by atoms with E-state index in [1.54, 1.807) is 0 Å². The summed E-state index contributed by atoms with van der Waals surface area (Å²) in [4.78, 5) is 147. The van der Waals surface area contributed by atoms with E-state index in [0.29, 0.717) is 55.6 Å². The maximum absolute atomic E-state index is 16.4. The third-order valence-corrected chi connectivity index (χ3v) is 26.4. The van der Waals surface area contributed by atoms with Gasteiger partial charge in [0.05, 0.1) is 199 Å². The Balaban J connectivity index is 10.3. The molecule has 7 amide bonds. The number of hydrogen-bond donors (Lipinski definition) is 21. The van der Waals surface area contributed by atoms with Crippen LogP contribution in [-0.2, 0) is 95.3 Å². The maximum Gasteiger partial charge on any atom is 0.307 e. The molecule has 768 valence electrons. The highest BCUT2D eigenvalue weighted by atomic mass is 127. The highest BCUT2D eigenvalue weighted by Crippen LogP contribution is 2.35. The second-order valence-electron chi connectivity index (χ2n) is 33.3. The van der Waals surface area contributed by atoms with E-state index in [-0.39, 0.29) is 58.0 Å². The van der Waals surface area contributed by atoms with Gasteiger partial charge in [-0.25, -0.2) is 0 Å². The summed E-state index contributed by atoms with van der Waals surface area (Å²) in [5.41, 5.74) is -14.6. The number of thioether (sulfide) groups is 1. The van der Waals surface area contributed by atoms with Crippen LogP contribution in [0, 0.1) is 35.5 Å². The van der Waals surface area contributed by atoms with Crippen LogP contribution in [0.4, 0.5) is 0 Å².